The Bertz CT molecular complexity index is 179. The van der Waals surface area contributed by atoms with E-state index in [1.165, 1.54) is 19.5 Å². The van der Waals surface area contributed by atoms with Gasteiger partial charge in [-0.05, 0) is 38.3 Å². The second-order valence-corrected chi connectivity index (χ2v) is 5.44. The number of hydrogen-bond acceptors (Lipinski definition) is 2. The number of nitrogens with zero attached hydrogens (tertiary/aromatic N) is 1. The van der Waals surface area contributed by atoms with Gasteiger partial charge in [0, 0.05) is 18.6 Å². The third kappa shape index (κ3) is 3.46. The molecule has 3 unspecified atom stereocenters. The van der Waals surface area contributed by atoms with Crippen molar-refractivity contribution in [3.8, 4) is 0 Å². The van der Waals surface area contributed by atoms with Crippen molar-refractivity contribution < 1.29 is 0 Å². The third-order valence-corrected chi connectivity index (χ3v) is 3.76. The molecule has 0 radical (unpaired) electrons. The van der Waals surface area contributed by atoms with Crippen molar-refractivity contribution in [1.29, 1.82) is 0 Å². The number of rotatable bonds is 4. The van der Waals surface area contributed by atoms with Crippen LogP contribution in [-0.4, -0.2) is 36.6 Å². The zero-order valence-corrected chi connectivity index (χ0v) is 11.1. The molecule has 0 saturated carbocycles. The summed E-state index contributed by atoms with van der Waals surface area (Å²) in [5, 5.41) is 3.61. The van der Waals surface area contributed by atoms with Crippen LogP contribution in [0.3, 0.4) is 0 Å². The maximum Gasteiger partial charge on any atom is 0.0120 e. The fraction of sp³-hybridized carbons (Fsp3) is 1.00. The molecule has 2 heteroatoms. The average molecular weight is 212 g/mol. The summed E-state index contributed by atoms with van der Waals surface area (Å²) in [4.78, 5) is 2.66. The van der Waals surface area contributed by atoms with Crippen molar-refractivity contribution in [2.75, 3.05) is 19.6 Å². The van der Waals surface area contributed by atoms with Crippen LogP contribution in [0.1, 0.15) is 41.0 Å². The van der Waals surface area contributed by atoms with E-state index in [0.29, 0.717) is 0 Å². The Hall–Kier alpha value is -0.0800. The molecule has 1 heterocycles. The van der Waals surface area contributed by atoms with Gasteiger partial charge in [0.15, 0.2) is 0 Å². The van der Waals surface area contributed by atoms with E-state index in [9.17, 15) is 0 Å². The van der Waals surface area contributed by atoms with Crippen LogP contribution in [0.25, 0.3) is 0 Å². The van der Waals surface area contributed by atoms with E-state index in [4.69, 9.17) is 0 Å². The van der Waals surface area contributed by atoms with Gasteiger partial charge in [-0.3, -0.25) is 0 Å². The summed E-state index contributed by atoms with van der Waals surface area (Å²) < 4.78 is 0. The van der Waals surface area contributed by atoms with Crippen LogP contribution in [0.5, 0.6) is 0 Å². The van der Waals surface area contributed by atoms with E-state index in [1.807, 2.05) is 0 Å². The smallest absolute Gasteiger partial charge is 0.0120 e. The van der Waals surface area contributed by atoms with Crippen LogP contribution in [0.4, 0.5) is 0 Å². The second kappa shape index (κ2) is 5.86. The summed E-state index contributed by atoms with van der Waals surface area (Å²) in [5.41, 5.74) is 0. The molecule has 90 valence electrons. The fourth-order valence-electron chi connectivity index (χ4n) is 2.72. The van der Waals surface area contributed by atoms with E-state index in [0.717, 1.165) is 30.5 Å². The van der Waals surface area contributed by atoms with Gasteiger partial charge in [-0.2, -0.15) is 0 Å². The first kappa shape index (κ1) is 13.0. The predicted molar refractivity (Wildman–Crippen MR) is 67.1 cm³/mol. The molecule has 0 aliphatic carbocycles. The third-order valence-electron chi connectivity index (χ3n) is 3.76. The first-order valence-electron chi connectivity index (χ1n) is 6.53. The molecule has 0 bridgehead atoms. The molecule has 0 aromatic carbocycles. The van der Waals surface area contributed by atoms with Crippen LogP contribution in [-0.2, 0) is 0 Å². The lowest BCUT2D eigenvalue weighted by molar-refractivity contribution is 0.0753. The van der Waals surface area contributed by atoms with Crippen molar-refractivity contribution in [1.82, 2.24) is 10.2 Å². The monoisotopic (exact) mass is 212 g/mol. The Labute approximate surface area is 95.4 Å². The highest BCUT2D eigenvalue weighted by molar-refractivity contribution is 4.88. The highest BCUT2D eigenvalue weighted by Crippen LogP contribution is 2.24. The van der Waals surface area contributed by atoms with Crippen LogP contribution >= 0.6 is 0 Å². The maximum atomic E-state index is 3.61. The lowest BCUT2D eigenvalue weighted by Crippen LogP contribution is -2.54. The summed E-state index contributed by atoms with van der Waals surface area (Å²) in [5.74, 6) is 1.56. The molecule has 15 heavy (non-hydrogen) atoms. The Morgan fingerprint density at radius 3 is 2.53 bits per heavy atom. The number of nitrogens with one attached hydrogen (secondary N) is 1. The molecular weight excluding hydrogens is 184 g/mol. The Morgan fingerprint density at radius 1 is 1.33 bits per heavy atom. The lowest BCUT2D eigenvalue weighted by atomic mass is 9.86. The zero-order valence-electron chi connectivity index (χ0n) is 11.1. The first-order valence-corrected chi connectivity index (χ1v) is 6.53. The highest BCUT2D eigenvalue weighted by Gasteiger charge is 2.31. The van der Waals surface area contributed by atoms with E-state index < -0.39 is 0 Å². The molecule has 1 saturated heterocycles. The van der Waals surface area contributed by atoms with Crippen LogP contribution in [0.15, 0.2) is 0 Å². The Kier molecular flexibility index (Phi) is 5.07. The van der Waals surface area contributed by atoms with E-state index in [-0.39, 0.29) is 0 Å². The minimum absolute atomic E-state index is 0.727. The minimum atomic E-state index is 0.727. The van der Waals surface area contributed by atoms with Gasteiger partial charge in [0.25, 0.3) is 0 Å². The summed E-state index contributed by atoms with van der Waals surface area (Å²) >= 11 is 0. The Morgan fingerprint density at radius 2 is 2.00 bits per heavy atom. The van der Waals surface area contributed by atoms with Crippen LogP contribution < -0.4 is 5.32 Å². The second-order valence-electron chi connectivity index (χ2n) is 5.44. The van der Waals surface area contributed by atoms with Crippen molar-refractivity contribution in [2.24, 2.45) is 11.8 Å². The molecule has 1 rings (SSSR count). The maximum absolute atomic E-state index is 3.61. The molecule has 0 aromatic rings. The van der Waals surface area contributed by atoms with Crippen molar-refractivity contribution in [3.63, 3.8) is 0 Å². The molecule has 3 atom stereocenters. The van der Waals surface area contributed by atoms with Crippen molar-refractivity contribution in [3.05, 3.63) is 0 Å². The predicted octanol–water partition coefficient (Wildman–Crippen LogP) is 2.35. The molecule has 0 amide bonds. The average Bonchev–Trinajstić information content (AvgIpc) is 2.17. The van der Waals surface area contributed by atoms with Crippen molar-refractivity contribution >= 4 is 0 Å². The molecule has 0 spiro atoms. The van der Waals surface area contributed by atoms with Gasteiger partial charge in [0.2, 0.25) is 0 Å². The number of likely N-dealkylation sites (tertiary alicyclic amines) is 1. The topological polar surface area (TPSA) is 15.3 Å². The summed E-state index contributed by atoms with van der Waals surface area (Å²) in [7, 11) is 0. The van der Waals surface area contributed by atoms with Gasteiger partial charge in [-0.15, -0.1) is 0 Å². The quantitative estimate of drug-likeness (QED) is 0.769. The van der Waals surface area contributed by atoms with Gasteiger partial charge in [0.05, 0.1) is 0 Å². The van der Waals surface area contributed by atoms with Crippen LogP contribution in [0.2, 0.25) is 0 Å². The van der Waals surface area contributed by atoms with Crippen LogP contribution in [0, 0.1) is 11.8 Å². The molecule has 0 aromatic heterocycles. The zero-order chi connectivity index (χ0) is 11.4. The standard InChI is InChI=1S/C13H28N2/c1-6-14-13-7-8-15(9-10(2)3)12(5)11(13)4/h10-14H,6-9H2,1-5H3. The van der Waals surface area contributed by atoms with E-state index in [2.05, 4.69) is 44.8 Å². The molecule has 1 aliphatic rings. The SMILES string of the molecule is CCNC1CCN(CC(C)C)C(C)C1C. The molecule has 1 N–H and O–H groups in total. The molecule has 1 aliphatic heterocycles. The van der Waals surface area contributed by atoms with E-state index >= 15 is 0 Å². The number of piperidine rings is 1. The largest absolute Gasteiger partial charge is 0.314 e. The fourth-order valence-corrected chi connectivity index (χ4v) is 2.72. The van der Waals surface area contributed by atoms with Crippen molar-refractivity contribution in [2.45, 2.75) is 53.1 Å². The molecular formula is C13H28N2. The van der Waals surface area contributed by atoms with E-state index in [1.54, 1.807) is 0 Å². The highest BCUT2D eigenvalue weighted by atomic mass is 15.2. The normalized spacial score (nSPS) is 33.6. The lowest BCUT2D eigenvalue weighted by Gasteiger charge is -2.43. The van der Waals surface area contributed by atoms with Gasteiger partial charge in [-0.1, -0.05) is 27.7 Å². The molecule has 2 nitrogen and oxygen atoms in total. The van der Waals surface area contributed by atoms with Gasteiger partial charge < -0.3 is 10.2 Å². The van der Waals surface area contributed by atoms with Gasteiger partial charge >= 0.3 is 0 Å². The summed E-state index contributed by atoms with van der Waals surface area (Å²) in [6.45, 7) is 15.2. The number of hydrogen-bond donors (Lipinski definition) is 1. The summed E-state index contributed by atoms with van der Waals surface area (Å²) in [6.07, 6.45) is 1.31. The molecule has 1 fully saturated rings. The first-order chi connectivity index (χ1) is 7.06. The minimum Gasteiger partial charge on any atom is -0.314 e. The summed E-state index contributed by atoms with van der Waals surface area (Å²) in [6, 6.07) is 1.46. The Balaban J connectivity index is 2.48. The van der Waals surface area contributed by atoms with Gasteiger partial charge in [-0.25, -0.2) is 0 Å². The van der Waals surface area contributed by atoms with Gasteiger partial charge in [0.1, 0.15) is 0 Å².